The fourth-order valence-electron chi connectivity index (χ4n) is 1.67. The molecule has 0 unspecified atom stereocenters. The number of rotatable bonds is 4. The van der Waals surface area contributed by atoms with Crippen LogP contribution in [-0.4, -0.2) is 21.7 Å². The van der Waals surface area contributed by atoms with E-state index in [1.165, 1.54) is 0 Å². The Balaban J connectivity index is 0.00000289. The number of nitrogens with one attached hydrogen (secondary N) is 1. The Morgan fingerprint density at radius 1 is 1.44 bits per heavy atom. The van der Waals surface area contributed by atoms with Gasteiger partial charge in [-0.2, -0.15) is 5.10 Å². The molecule has 0 bridgehead atoms. The van der Waals surface area contributed by atoms with E-state index in [0.717, 1.165) is 17.0 Å². The summed E-state index contributed by atoms with van der Waals surface area (Å²) in [6.45, 7) is 8.29. The molecule has 1 rings (SSSR count). The van der Waals surface area contributed by atoms with E-state index >= 15 is 0 Å². The van der Waals surface area contributed by atoms with Gasteiger partial charge in [0, 0.05) is 24.8 Å². The van der Waals surface area contributed by atoms with Crippen molar-refractivity contribution in [1.29, 1.82) is 0 Å². The molecule has 0 saturated heterocycles. The van der Waals surface area contributed by atoms with Crippen LogP contribution in [-0.2, 0) is 18.4 Å². The van der Waals surface area contributed by atoms with Crippen molar-refractivity contribution in [2.75, 3.05) is 0 Å². The summed E-state index contributed by atoms with van der Waals surface area (Å²) in [6.07, 6.45) is 0. The van der Waals surface area contributed by atoms with Crippen molar-refractivity contribution in [1.82, 2.24) is 15.1 Å². The Morgan fingerprint density at radius 2 is 2.00 bits per heavy atom. The molecule has 0 radical (unpaired) electrons. The normalized spacial score (nSPS) is 12.2. The predicted octanol–water partition coefficient (Wildman–Crippen LogP) is 1.06. The van der Waals surface area contributed by atoms with E-state index < -0.39 is 6.04 Å². The first-order valence-electron chi connectivity index (χ1n) is 5.87. The van der Waals surface area contributed by atoms with Crippen LogP contribution in [0.25, 0.3) is 0 Å². The van der Waals surface area contributed by atoms with E-state index in [2.05, 4.69) is 10.4 Å². The second kappa shape index (κ2) is 6.75. The van der Waals surface area contributed by atoms with Crippen molar-refractivity contribution >= 4 is 18.3 Å². The lowest BCUT2D eigenvalue weighted by atomic mass is 10.0. The van der Waals surface area contributed by atoms with Gasteiger partial charge in [0.1, 0.15) is 0 Å². The van der Waals surface area contributed by atoms with Crippen LogP contribution in [0.15, 0.2) is 0 Å². The number of aromatic nitrogens is 2. The lowest BCUT2D eigenvalue weighted by Gasteiger charge is -2.15. The Bertz CT molecular complexity index is 414. The van der Waals surface area contributed by atoms with Gasteiger partial charge in [0.2, 0.25) is 5.91 Å². The number of nitrogens with two attached hydrogens (primary N) is 1. The van der Waals surface area contributed by atoms with Crippen molar-refractivity contribution in [2.45, 2.75) is 40.3 Å². The first-order chi connectivity index (χ1) is 7.84. The largest absolute Gasteiger partial charge is 0.351 e. The number of carbonyl (C=O) groups excluding carboxylic acids is 1. The van der Waals surface area contributed by atoms with Gasteiger partial charge in [-0.3, -0.25) is 9.48 Å². The highest BCUT2D eigenvalue weighted by molar-refractivity contribution is 5.85. The number of nitrogens with zero attached hydrogens (tertiary/aromatic N) is 2. The molecule has 1 aromatic heterocycles. The van der Waals surface area contributed by atoms with E-state index in [-0.39, 0.29) is 24.2 Å². The molecule has 6 heteroatoms. The highest BCUT2D eigenvalue weighted by Crippen LogP contribution is 2.11. The molecule has 1 heterocycles. The maximum atomic E-state index is 11.7. The van der Waals surface area contributed by atoms with Gasteiger partial charge in [-0.25, -0.2) is 0 Å². The molecule has 1 amide bonds. The molecule has 0 aromatic carbocycles. The molecule has 0 aliphatic carbocycles. The summed E-state index contributed by atoms with van der Waals surface area (Å²) in [5.41, 5.74) is 8.86. The first kappa shape index (κ1) is 16.9. The molecular formula is C12H23ClN4O. The van der Waals surface area contributed by atoms with Gasteiger partial charge in [-0.1, -0.05) is 13.8 Å². The SMILES string of the molecule is Cc1nn(C)c(C)c1CNC(=O)[C@@H](N)C(C)C.Cl. The molecule has 5 nitrogen and oxygen atoms in total. The average molecular weight is 275 g/mol. The van der Waals surface area contributed by atoms with Crippen LogP contribution in [0.2, 0.25) is 0 Å². The van der Waals surface area contributed by atoms with Crippen molar-refractivity contribution in [3.05, 3.63) is 17.0 Å². The second-order valence-electron chi connectivity index (χ2n) is 4.76. The van der Waals surface area contributed by atoms with Crippen LogP contribution in [0.4, 0.5) is 0 Å². The van der Waals surface area contributed by atoms with E-state index in [4.69, 9.17) is 5.73 Å². The molecule has 3 N–H and O–H groups in total. The van der Waals surface area contributed by atoms with Crippen LogP contribution < -0.4 is 11.1 Å². The average Bonchev–Trinajstić information content (AvgIpc) is 2.49. The molecule has 0 fully saturated rings. The third-order valence-electron chi connectivity index (χ3n) is 3.12. The first-order valence-corrected chi connectivity index (χ1v) is 5.87. The number of hydrogen-bond acceptors (Lipinski definition) is 3. The van der Waals surface area contributed by atoms with Crippen LogP contribution in [0.5, 0.6) is 0 Å². The van der Waals surface area contributed by atoms with E-state index in [9.17, 15) is 4.79 Å². The zero-order valence-corrected chi connectivity index (χ0v) is 12.5. The van der Waals surface area contributed by atoms with Crippen molar-refractivity contribution in [2.24, 2.45) is 18.7 Å². The molecule has 0 aliphatic rings. The number of hydrogen-bond donors (Lipinski definition) is 2. The van der Waals surface area contributed by atoms with E-state index in [1.807, 2.05) is 39.4 Å². The standard InChI is InChI=1S/C12H22N4O.ClH/c1-7(2)11(13)12(17)14-6-10-8(3)15-16(5)9(10)4;/h7,11H,6,13H2,1-5H3,(H,14,17);1H/t11-;/m0./s1. The summed E-state index contributed by atoms with van der Waals surface area (Å²) < 4.78 is 1.82. The molecule has 1 atom stereocenters. The highest BCUT2D eigenvalue weighted by Gasteiger charge is 2.18. The second-order valence-corrected chi connectivity index (χ2v) is 4.76. The summed E-state index contributed by atoms with van der Waals surface area (Å²) in [5, 5.41) is 7.16. The highest BCUT2D eigenvalue weighted by atomic mass is 35.5. The monoisotopic (exact) mass is 274 g/mol. The molecule has 0 aliphatic heterocycles. The van der Waals surface area contributed by atoms with Gasteiger partial charge in [0.05, 0.1) is 11.7 Å². The van der Waals surface area contributed by atoms with Gasteiger partial charge < -0.3 is 11.1 Å². The van der Waals surface area contributed by atoms with Crippen molar-refractivity contribution in [3.8, 4) is 0 Å². The van der Waals surface area contributed by atoms with Gasteiger partial charge in [-0.15, -0.1) is 12.4 Å². The predicted molar refractivity (Wildman–Crippen MR) is 74.6 cm³/mol. The topological polar surface area (TPSA) is 72.9 Å². The Kier molecular flexibility index (Phi) is 6.35. The summed E-state index contributed by atoms with van der Waals surface area (Å²) in [7, 11) is 1.90. The van der Waals surface area contributed by atoms with Gasteiger partial charge in [0.15, 0.2) is 0 Å². The quantitative estimate of drug-likeness (QED) is 0.862. The summed E-state index contributed by atoms with van der Waals surface area (Å²) in [4.78, 5) is 11.7. The third-order valence-corrected chi connectivity index (χ3v) is 3.12. The van der Waals surface area contributed by atoms with Crippen LogP contribution in [0.1, 0.15) is 30.8 Å². The third kappa shape index (κ3) is 3.71. The molecule has 104 valence electrons. The summed E-state index contributed by atoms with van der Waals surface area (Å²) >= 11 is 0. The van der Waals surface area contributed by atoms with Gasteiger partial charge in [-0.05, 0) is 19.8 Å². The Labute approximate surface area is 115 Å². The smallest absolute Gasteiger partial charge is 0.237 e. The number of carbonyl (C=O) groups is 1. The Hall–Kier alpha value is -1.07. The molecule has 1 aromatic rings. The fourth-order valence-corrected chi connectivity index (χ4v) is 1.67. The number of aryl methyl sites for hydroxylation is 2. The zero-order chi connectivity index (χ0) is 13.2. The van der Waals surface area contributed by atoms with Crippen LogP contribution in [0, 0.1) is 19.8 Å². The minimum absolute atomic E-state index is 0. The van der Waals surface area contributed by atoms with Crippen LogP contribution >= 0.6 is 12.4 Å². The van der Waals surface area contributed by atoms with E-state index in [1.54, 1.807) is 0 Å². The fraction of sp³-hybridized carbons (Fsp3) is 0.667. The van der Waals surface area contributed by atoms with Crippen molar-refractivity contribution in [3.63, 3.8) is 0 Å². The maximum Gasteiger partial charge on any atom is 0.237 e. The van der Waals surface area contributed by atoms with Crippen molar-refractivity contribution < 1.29 is 4.79 Å². The molecule has 0 saturated carbocycles. The maximum absolute atomic E-state index is 11.7. The lowest BCUT2D eigenvalue weighted by molar-refractivity contribution is -0.123. The van der Waals surface area contributed by atoms with E-state index in [0.29, 0.717) is 6.54 Å². The molecule has 18 heavy (non-hydrogen) atoms. The Morgan fingerprint density at radius 3 is 2.39 bits per heavy atom. The number of amides is 1. The molecular weight excluding hydrogens is 252 g/mol. The van der Waals surface area contributed by atoms with Crippen LogP contribution in [0.3, 0.4) is 0 Å². The lowest BCUT2D eigenvalue weighted by Crippen LogP contribution is -2.43. The summed E-state index contributed by atoms with van der Waals surface area (Å²) in [6, 6.07) is -0.452. The number of halogens is 1. The van der Waals surface area contributed by atoms with Gasteiger partial charge in [0.25, 0.3) is 0 Å². The zero-order valence-electron chi connectivity index (χ0n) is 11.7. The van der Waals surface area contributed by atoms with Gasteiger partial charge >= 0.3 is 0 Å². The minimum Gasteiger partial charge on any atom is -0.351 e. The molecule has 0 spiro atoms. The minimum atomic E-state index is -0.452. The summed E-state index contributed by atoms with van der Waals surface area (Å²) in [5.74, 6) is 0.0359.